The Labute approximate surface area is 116 Å². The van der Waals surface area contributed by atoms with Gasteiger partial charge in [-0.05, 0) is 0 Å². The lowest BCUT2D eigenvalue weighted by molar-refractivity contribution is -0.157. The maximum Gasteiger partial charge on any atom is 0.406 e. The van der Waals surface area contributed by atoms with Gasteiger partial charge in [-0.3, -0.25) is 14.9 Å². The lowest BCUT2D eigenvalue weighted by Crippen LogP contribution is -2.36. The van der Waals surface area contributed by atoms with E-state index >= 15 is 0 Å². The maximum atomic E-state index is 12.3. The minimum atomic E-state index is -4.49. The normalized spacial score (nSPS) is 19.0. The smallest absolute Gasteiger partial charge is 0.406 e. The lowest BCUT2D eigenvalue weighted by Gasteiger charge is -2.18. The summed E-state index contributed by atoms with van der Waals surface area (Å²) in [4.78, 5) is 27.7. The number of nitrogens with one attached hydrogen (secondary N) is 2. The number of halogens is 3. The molecule has 0 saturated carbocycles. The molecule has 2 rings (SSSR count). The minimum Gasteiger partial charge on any atom is -0.466 e. The predicted octanol–water partition coefficient (Wildman–Crippen LogP) is 0.163. The summed E-state index contributed by atoms with van der Waals surface area (Å²) in [7, 11) is 1.33. The number of ether oxygens (including phenoxy) is 1. The number of alkyl halides is 3. The summed E-state index contributed by atoms with van der Waals surface area (Å²) in [5, 5.41) is 8.30. The second-order valence-corrected chi connectivity index (χ2v) is 4.45. The predicted molar refractivity (Wildman–Crippen MR) is 62.3 cm³/mol. The van der Waals surface area contributed by atoms with E-state index in [2.05, 4.69) is 20.5 Å². The van der Waals surface area contributed by atoms with Crippen LogP contribution in [0, 0.1) is 5.92 Å². The Kier molecular flexibility index (Phi) is 4.00. The van der Waals surface area contributed by atoms with Gasteiger partial charge in [0.05, 0.1) is 13.0 Å². The van der Waals surface area contributed by atoms with Crippen LogP contribution in [0.4, 0.5) is 19.1 Å². The minimum absolute atomic E-state index is 0.00132. The number of nitrogens with zero attached hydrogens (tertiary/aromatic N) is 3. The SMILES string of the molecule is COc1n[nH]c(NC(=O)C2CC(=O)N(CC(F)(F)F)C2)n1. The van der Waals surface area contributed by atoms with Gasteiger partial charge < -0.3 is 9.64 Å². The molecule has 1 aliphatic heterocycles. The van der Waals surface area contributed by atoms with E-state index in [9.17, 15) is 22.8 Å². The Morgan fingerprint density at radius 1 is 1.57 bits per heavy atom. The van der Waals surface area contributed by atoms with Crippen molar-refractivity contribution in [1.82, 2.24) is 20.1 Å². The zero-order valence-electron chi connectivity index (χ0n) is 10.9. The van der Waals surface area contributed by atoms with Crippen molar-refractivity contribution in [2.24, 2.45) is 5.92 Å². The van der Waals surface area contributed by atoms with Gasteiger partial charge >= 0.3 is 12.2 Å². The molecule has 0 aromatic carbocycles. The number of methoxy groups -OCH3 is 1. The number of amides is 2. The van der Waals surface area contributed by atoms with Crippen LogP contribution in [-0.2, 0) is 9.59 Å². The van der Waals surface area contributed by atoms with Gasteiger partial charge in [0, 0.05) is 13.0 Å². The number of hydrogen-bond acceptors (Lipinski definition) is 5. The van der Waals surface area contributed by atoms with Crippen LogP contribution < -0.4 is 10.1 Å². The third-order valence-corrected chi connectivity index (χ3v) is 2.84. The van der Waals surface area contributed by atoms with Crippen LogP contribution in [0.1, 0.15) is 6.42 Å². The number of aromatic nitrogens is 3. The zero-order chi connectivity index (χ0) is 15.6. The molecule has 1 unspecified atom stereocenters. The number of aromatic amines is 1. The first-order chi connectivity index (χ1) is 9.78. The quantitative estimate of drug-likeness (QED) is 0.825. The van der Waals surface area contributed by atoms with Gasteiger partial charge in [0.1, 0.15) is 6.54 Å². The first-order valence-corrected chi connectivity index (χ1v) is 5.90. The maximum absolute atomic E-state index is 12.3. The summed E-state index contributed by atoms with van der Waals surface area (Å²) in [6.45, 7) is -1.64. The van der Waals surface area contributed by atoms with Gasteiger partial charge in [-0.25, -0.2) is 5.10 Å². The molecule has 2 N–H and O–H groups in total. The van der Waals surface area contributed by atoms with E-state index in [0.717, 1.165) is 0 Å². The molecule has 21 heavy (non-hydrogen) atoms. The van der Waals surface area contributed by atoms with Crippen molar-refractivity contribution in [2.45, 2.75) is 12.6 Å². The standard InChI is InChI=1S/C10H12F3N5O3/c1-21-9-15-8(16-17-9)14-7(20)5-2-6(19)18(3-5)4-10(11,12)13/h5H,2-4H2,1H3,(H2,14,15,16,17,20). The molecule has 8 nitrogen and oxygen atoms in total. The van der Waals surface area contributed by atoms with Crippen LogP contribution >= 0.6 is 0 Å². The van der Waals surface area contributed by atoms with Gasteiger partial charge in [-0.2, -0.15) is 18.2 Å². The van der Waals surface area contributed by atoms with Crippen molar-refractivity contribution in [2.75, 3.05) is 25.5 Å². The Balaban J connectivity index is 1.93. The number of likely N-dealkylation sites (tertiary alicyclic amines) is 1. The molecule has 2 amide bonds. The highest BCUT2D eigenvalue weighted by atomic mass is 19.4. The fourth-order valence-corrected chi connectivity index (χ4v) is 1.93. The molecule has 1 aliphatic rings. The third-order valence-electron chi connectivity index (χ3n) is 2.84. The van der Waals surface area contributed by atoms with Crippen LogP contribution in [0.25, 0.3) is 0 Å². The van der Waals surface area contributed by atoms with E-state index in [4.69, 9.17) is 4.74 Å². The summed E-state index contributed by atoms with van der Waals surface area (Å²) >= 11 is 0. The second-order valence-electron chi connectivity index (χ2n) is 4.45. The van der Waals surface area contributed by atoms with Crippen LogP contribution in [0.3, 0.4) is 0 Å². The number of carbonyl (C=O) groups excluding carboxylic acids is 2. The van der Waals surface area contributed by atoms with Crippen molar-refractivity contribution in [3.05, 3.63) is 0 Å². The zero-order valence-corrected chi connectivity index (χ0v) is 10.9. The van der Waals surface area contributed by atoms with Crippen molar-refractivity contribution >= 4 is 17.8 Å². The van der Waals surface area contributed by atoms with Crippen molar-refractivity contribution in [3.63, 3.8) is 0 Å². The molecule has 0 spiro atoms. The highest BCUT2D eigenvalue weighted by molar-refractivity contribution is 5.96. The van der Waals surface area contributed by atoms with Crippen molar-refractivity contribution < 1.29 is 27.5 Å². The summed E-state index contributed by atoms with van der Waals surface area (Å²) < 4.78 is 41.5. The third kappa shape index (κ3) is 3.83. The monoisotopic (exact) mass is 307 g/mol. The average molecular weight is 307 g/mol. The molecular weight excluding hydrogens is 295 g/mol. The van der Waals surface area contributed by atoms with Gasteiger partial charge in [0.2, 0.25) is 17.8 Å². The summed E-state index contributed by atoms with van der Waals surface area (Å²) in [6.07, 6.45) is -4.76. The molecule has 11 heteroatoms. The van der Waals surface area contributed by atoms with E-state index in [1.807, 2.05) is 0 Å². The molecule has 1 saturated heterocycles. The molecule has 0 radical (unpaired) electrons. The number of carbonyl (C=O) groups is 2. The van der Waals surface area contributed by atoms with E-state index in [1.54, 1.807) is 0 Å². The van der Waals surface area contributed by atoms with E-state index in [-0.39, 0.29) is 24.9 Å². The van der Waals surface area contributed by atoms with Crippen LogP contribution in [0.5, 0.6) is 6.01 Å². The topological polar surface area (TPSA) is 100 Å². The van der Waals surface area contributed by atoms with Crippen LogP contribution in [0.15, 0.2) is 0 Å². The van der Waals surface area contributed by atoms with Crippen LogP contribution in [-0.4, -0.2) is 58.3 Å². The van der Waals surface area contributed by atoms with Gasteiger partial charge in [-0.15, -0.1) is 5.10 Å². The number of rotatable bonds is 4. The van der Waals surface area contributed by atoms with Gasteiger partial charge in [0.15, 0.2) is 0 Å². The van der Waals surface area contributed by atoms with Crippen molar-refractivity contribution in [3.8, 4) is 6.01 Å². The first-order valence-electron chi connectivity index (χ1n) is 5.90. The van der Waals surface area contributed by atoms with E-state index in [1.165, 1.54) is 7.11 Å². The second kappa shape index (κ2) is 5.58. The van der Waals surface area contributed by atoms with Crippen LogP contribution in [0.2, 0.25) is 0 Å². The van der Waals surface area contributed by atoms with Gasteiger partial charge in [-0.1, -0.05) is 0 Å². The fraction of sp³-hybridized carbons (Fsp3) is 0.600. The summed E-state index contributed by atoms with van der Waals surface area (Å²) in [6, 6.07) is 0.00602. The summed E-state index contributed by atoms with van der Waals surface area (Å²) in [5.74, 6) is -2.18. The Morgan fingerprint density at radius 3 is 2.86 bits per heavy atom. The van der Waals surface area contributed by atoms with Gasteiger partial charge in [0.25, 0.3) is 0 Å². The molecule has 116 valence electrons. The number of H-pyrrole nitrogens is 1. The first kappa shape index (κ1) is 15.1. The average Bonchev–Trinajstić information content (AvgIpc) is 2.95. The molecule has 1 aromatic rings. The largest absolute Gasteiger partial charge is 0.466 e. The molecule has 1 fully saturated rings. The fourth-order valence-electron chi connectivity index (χ4n) is 1.93. The highest BCUT2D eigenvalue weighted by Crippen LogP contribution is 2.24. The number of hydrogen-bond donors (Lipinski definition) is 2. The number of anilines is 1. The molecule has 0 aliphatic carbocycles. The Hall–Kier alpha value is -2.33. The molecular formula is C10H12F3N5O3. The Bertz CT molecular complexity index is 544. The molecule has 1 aromatic heterocycles. The lowest BCUT2D eigenvalue weighted by atomic mass is 10.1. The van der Waals surface area contributed by atoms with E-state index < -0.39 is 30.5 Å². The molecule has 2 heterocycles. The molecule has 1 atom stereocenters. The van der Waals surface area contributed by atoms with E-state index in [0.29, 0.717) is 4.90 Å². The summed E-state index contributed by atoms with van der Waals surface area (Å²) in [5.41, 5.74) is 0. The highest BCUT2D eigenvalue weighted by Gasteiger charge is 2.40. The molecule has 0 bridgehead atoms. The van der Waals surface area contributed by atoms with Crippen molar-refractivity contribution in [1.29, 1.82) is 0 Å². The Morgan fingerprint density at radius 2 is 2.29 bits per heavy atom.